The minimum atomic E-state index is 1.07. The van der Waals surface area contributed by atoms with Gasteiger partial charge in [0.05, 0.1) is 0 Å². The lowest BCUT2D eigenvalue weighted by Crippen LogP contribution is -1.88. The summed E-state index contributed by atoms with van der Waals surface area (Å²) in [5, 5.41) is 16.4. The summed E-state index contributed by atoms with van der Waals surface area (Å²) < 4.78 is 0. The summed E-state index contributed by atoms with van der Waals surface area (Å²) in [6.07, 6.45) is 2.15. The van der Waals surface area contributed by atoms with Crippen LogP contribution in [0.2, 0.25) is 0 Å². The lowest BCUT2D eigenvalue weighted by atomic mass is 9.91. The molecule has 0 N–H and O–H groups in total. The Hall–Kier alpha value is -4.68. The maximum Gasteiger partial charge on any atom is -0.00670 e. The summed E-state index contributed by atoms with van der Waals surface area (Å²) in [6, 6.07) is 48.5. The van der Waals surface area contributed by atoms with Crippen molar-refractivity contribution in [2.24, 2.45) is 0 Å². The average Bonchev–Trinajstić information content (AvgIpc) is 3.04. The average molecular weight is 513 g/mol. The summed E-state index contributed by atoms with van der Waals surface area (Å²) in [5.41, 5.74) is 2.84. The molecule has 8 aromatic rings. The van der Waals surface area contributed by atoms with Crippen molar-refractivity contribution < 1.29 is 0 Å². The summed E-state index contributed by atoms with van der Waals surface area (Å²) in [4.78, 5) is 0. The monoisotopic (exact) mass is 512 g/mol. The zero-order valence-electron chi connectivity index (χ0n) is 23.1. The van der Waals surface area contributed by atoms with Crippen molar-refractivity contribution in [3.8, 4) is 0 Å². The summed E-state index contributed by atoms with van der Waals surface area (Å²) >= 11 is 0. The molecule has 0 nitrogen and oxygen atoms in total. The van der Waals surface area contributed by atoms with Crippen LogP contribution in [0, 0.1) is 0 Å². The van der Waals surface area contributed by atoms with Crippen LogP contribution in [0.25, 0.3) is 64.6 Å². The van der Waals surface area contributed by atoms with E-state index in [0.29, 0.717) is 0 Å². The molecule has 0 heteroatoms. The van der Waals surface area contributed by atoms with Crippen LogP contribution in [0.3, 0.4) is 0 Å². The smallest absolute Gasteiger partial charge is 0.00670 e. The van der Waals surface area contributed by atoms with Gasteiger partial charge in [-0.1, -0.05) is 147 Å². The summed E-state index contributed by atoms with van der Waals surface area (Å²) in [5.74, 6) is 0. The first-order chi connectivity index (χ1) is 19.8. The van der Waals surface area contributed by atoms with E-state index in [0.717, 1.165) is 12.8 Å². The third-order valence-corrected chi connectivity index (χ3v) is 8.45. The van der Waals surface area contributed by atoms with Gasteiger partial charge in [-0.2, -0.15) is 0 Å². The molecule has 0 aliphatic heterocycles. The van der Waals surface area contributed by atoms with Gasteiger partial charge in [0.15, 0.2) is 0 Å². The highest BCUT2D eigenvalue weighted by Gasteiger charge is 2.10. The van der Waals surface area contributed by atoms with Crippen molar-refractivity contribution >= 4 is 64.6 Å². The Morgan fingerprint density at radius 3 is 1.15 bits per heavy atom. The van der Waals surface area contributed by atoms with Gasteiger partial charge in [0.25, 0.3) is 0 Å². The van der Waals surface area contributed by atoms with Crippen LogP contribution in [0.1, 0.15) is 25.0 Å². The van der Waals surface area contributed by atoms with E-state index in [1.54, 1.807) is 0 Å². The molecule has 0 amide bonds. The molecule has 0 unspecified atom stereocenters. The van der Waals surface area contributed by atoms with Crippen molar-refractivity contribution in [2.75, 3.05) is 0 Å². The van der Waals surface area contributed by atoms with Gasteiger partial charge in [-0.3, -0.25) is 0 Å². The molecule has 0 heterocycles. The fraction of sp³-hybridized carbons (Fsp3) is 0.100. The maximum atomic E-state index is 2.35. The van der Waals surface area contributed by atoms with Gasteiger partial charge in [0, 0.05) is 0 Å². The molecule has 40 heavy (non-hydrogen) atoms. The van der Waals surface area contributed by atoms with Gasteiger partial charge >= 0.3 is 0 Å². The molecule has 0 spiro atoms. The van der Waals surface area contributed by atoms with Gasteiger partial charge in [-0.15, -0.1) is 0 Å². The van der Waals surface area contributed by atoms with Crippen molar-refractivity contribution in [3.05, 3.63) is 145 Å². The first-order valence-electron chi connectivity index (χ1n) is 14.4. The van der Waals surface area contributed by atoms with E-state index >= 15 is 0 Å². The van der Waals surface area contributed by atoms with Gasteiger partial charge in [0.2, 0.25) is 0 Å². The van der Waals surface area contributed by atoms with Gasteiger partial charge in [0.1, 0.15) is 0 Å². The van der Waals surface area contributed by atoms with E-state index in [1.807, 2.05) is 0 Å². The van der Waals surface area contributed by atoms with Crippen LogP contribution in [0.5, 0.6) is 0 Å². The van der Waals surface area contributed by atoms with E-state index in [2.05, 4.69) is 147 Å². The first kappa shape index (κ1) is 24.4. The lowest BCUT2D eigenvalue weighted by Gasteiger charge is -2.12. The topological polar surface area (TPSA) is 0 Å². The van der Waals surface area contributed by atoms with E-state index < -0.39 is 0 Å². The molecule has 0 aromatic heterocycles. The van der Waals surface area contributed by atoms with Crippen LogP contribution in [0.4, 0.5) is 0 Å². The first-order valence-corrected chi connectivity index (χ1v) is 14.4. The zero-order valence-corrected chi connectivity index (χ0v) is 23.1. The molecule has 0 aliphatic rings. The Bertz CT molecular complexity index is 2040. The van der Waals surface area contributed by atoms with E-state index in [4.69, 9.17) is 0 Å². The molecule has 0 radical (unpaired) electrons. The number of hydrogen-bond acceptors (Lipinski definition) is 0. The standard InChI is InChI=1S/2C20H16/c1-2-14-8-7-13-19-17-10-4-3-9-15(17)16-11-5-6-12-18(16)20(14)19;1-2-14-11-12-19-17-9-4-3-7-15(17)16-8-5-6-10-18(16)20(19)13-14/h2*3-13H,2H2,1H3. The number of fused-ring (bicyclic) bond motifs is 12. The van der Waals surface area contributed by atoms with Crippen molar-refractivity contribution in [1.82, 2.24) is 0 Å². The zero-order chi connectivity index (χ0) is 27.1. The minimum Gasteiger partial charge on any atom is -0.0616 e. The Kier molecular flexibility index (Phi) is 6.17. The second-order valence-electron chi connectivity index (χ2n) is 10.6. The molecular weight excluding hydrogens is 480 g/mol. The summed E-state index contributed by atoms with van der Waals surface area (Å²) in [6.45, 7) is 4.45. The van der Waals surface area contributed by atoms with Crippen molar-refractivity contribution in [3.63, 3.8) is 0 Å². The lowest BCUT2D eigenvalue weighted by molar-refractivity contribution is 1.15. The number of rotatable bonds is 2. The van der Waals surface area contributed by atoms with Crippen LogP contribution >= 0.6 is 0 Å². The SMILES string of the molecule is CCc1ccc2c3ccccc3c3ccccc3c2c1.CCc1cccc2c3ccccc3c3ccccc3c12. The predicted molar refractivity (Wildman–Crippen MR) is 177 cm³/mol. The van der Waals surface area contributed by atoms with Crippen LogP contribution in [-0.2, 0) is 12.8 Å². The Morgan fingerprint density at radius 1 is 0.325 bits per heavy atom. The molecule has 192 valence electrons. The predicted octanol–water partition coefficient (Wildman–Crippen LogP) is 11.4. The van der Waals surface area contributed by atoms with Crippen LogP contribution < -0.4 is 0 Å². The molecule has 8 aromatic carbocycles. The fourth-order valence-corrected chi connectivity index (χ4v) is 6.50. The van der Waals surface area contributed by atoms with Crippen molar-refractivity contribution in [2.45, 2.75) is 26.7 Å². The molecule has 0 aliphatic carbocycles. The highest BCUT2D eigenvalue weighted by Crippen LogP contribution is 2.37. The maximum absolute atomic E-state index is 2.35. The molecular formula is C40H32. The largest absolute Gasteiger partial charge is 0.0616 e. The van der Waals surface area contributed by atoms with Gasteiger partial charge in [-0.25, -0.2) is 0 Å². The third kappa shape index (κ3) is 3.91. The molecule has 8 rings (SSSR count). The second kappa shape index (κ2) is 10.1. The molecule has 0 saturated heterocycles. The Balaban J connectivity index is 0.000000132. The Labute approximate surface area is 235 Å². The van der Waals surface area contributed by atoms with E-state index in [9.17, 15) is 0 Å². The number of benzene rings is 8. The second-order valence-corrected chi connectivity index (χ2v) is 10.6. The number of aryl methyl sites for hydroxylation is 2. The molecule has 0 bridgehead atoms. The fourth-order valence-electron chi connectivity index (χ4n) is 6.50. The minimum absolute atomic E-state index is 1.07. The highest BCUT2D eigenvalue weighted by molar-refractivity contribution is 6.26. The van der Waals surface area contributed by atoms with Gasteiger partial charge in [-0.05, 0) is 88.6 Å². The highest BCUT2D eigenvalue weighted by atomic mass is 14.1. The molecule has 0 atom stereocenters. The quantitative estimate of drug-likeness (QED) is 0.202. The van der Waals surface area contributed by atoms with Gasteiger partial charge < -0.3 is 0 Å². The number of hydrogen-bond donors (Lipinski definition) is 0. The molecule has 0 fully saturated rings. The summed E-state index contributed by atoms with van der Waals surface area (Å²) in [7, 11) is 0. The van der Waals surface area contributed by atoms with E-state index in [-0.39, 0.29) is 0 Å². The van der Waals surface area contributed by atoms with Crippen LogP contribution in [-0.4, -0.2) is 0 Å². The molecule has 0 saturated carbocycles. The van der Waals surface area contributed by atoms with E-state index in [1.165, 1.54) is 75.8 Å². The third-order valence-electron chi connectivity index (χ3n) is 8.45. The normalized spacial score (nSPS) is 11.4. The van der Waals surface area contributed by atoms with Crippen LogP contribution in [0.15, 0.2) is 133 Å². The van der Waals surface area contributed by atoms with Crippen molar-refractivity contribution in [1.29, 1.82) is 0 Å². The Morgan fingerprint density at radius 2 is 0.700 bits per heavy atom.